The van der Waals surface area contributed by atoms with Crippen LogP contribution in [-0.4, -0.2) is 14.8 Å². The number of hydrogen-bond acceptors (Lipinski definition) is 9. The second-order valence-corrected chi connectivity index (χ2v) is 3.18. The van der Waals surface area contributed by atoms with Crippen LogP contribution in [0.25, 0.3) is 10.4 Å². The van der Waals surface area contributed by atoms with Gasteiger partial charge in [0, 0.05) is 4.91 Å². The van der Waals surface area contributed by atoms with E-state index in [0.717, 1.165) is 0 Å². The molecule has 0 atom stereocenters. The SMILES string of the molecule is [N-]=[N+]=Nc1c([N+](=O)[O-])c(N)c([N+](=O)[O-])c(N)c1[N+](=O)[O-]. The topological polar surface area (TPSA) is 230 Å². The fourth-order valence-corrected chi connectivity index (χ4v) is 1.44. The van der Waals surface area contributed by atoms with Crippen molar-refractivity contribution in [1.82, 2.24) is 0 Å². The predicted octanol–water partition coefficient (Wildman–Crippen LogP) is 1.52. The molecule has 0 fully saturated rings. The Morgan fingerprint density at radius 3 is 1.50 bits per heavy atom. The molecule has 0 unspecified atom stereocenters. The van der Waals surface area contributed by atoms with E-state index in [2.05, 4.69) is 10.0 Å². The molecule has 1 aromatic carbocycles. The molecule has 14 heteroatoms. The van der Waals surface area contributed by atoms with Gasteiger partial charge in [0.2, 0.25) is 0 Å². The lowest BCUT2D eigenvalue weighted by atomic mass is 10.1. The van der Waals surface area contributed by atoms with Gasteiger partial charge >= 0.3 is 17.1 Å². The first-order valence-corrected chi connectivity index (χ1v) is 4.47. The Bertz CT molecular complexity index is 650. The summed E-state index contributed by atoms with van der Waals surface area (Å²) in [6, 6.07) is 0. The van der Waals surface area contributed by atoms with Gasteiger partial charge in [-0.1, -0.05) is 0 Å². The van der Waals surface area contributed by atoms with E-state index in [1.54, 1.807) is 0 Å². The molecule has 0 aliphatic heterocycles. The maximum atomic E-state index is 10.8. The Morgan fingerprint density at radius 1 is 0.900 bits per heavy atom. The molecule has 104 valence electrons. The normalized spacial score (nSPS) is 9.60. The van der Waals surface area contributed by atoms with Crippen molar-refractivity contribution in [2.24, 2.45) is 5.11 Å². The summed E-state index contributed by atoms with van der Waals surface area (Å²) in [6.45, 7) is 0. The molecule has 0 amide bonds. The molecule has 1 rings (SSSR count). The van der Waals surface area contributed by atoms with Gasteiger partial charge < -0.3 is 11.5 Å². The van der Waals surface area contributed by atoms with Crippen LogP contribution in [0.2, 0.25) is 0 Å². The van der Waals surface area contributed by atoms with Crippen molar-refractivity contribution < 1.29 is 14.8 Å². The number of nitrogen functional groups attached to an aromatic ring is 2. The minimum atomic E-state index is -1.25. The maximum absolute atomic E-state index is 10.8. The van der Waals surface area contributed by atoms with Crippen LogP contribution in [0.5, 0.6) is 0 Å². The third-order valence-electron chi connectivity index (χ3n) is 2.16. The molecule has 0 radical (unpaired) electrons. The van der Waals surface area contributed by atoms with Crippen molar-refractivity contribution in [3.05, 3.63) is 40.8 Å². The van der Waals surface area contributed by atoms with Gasteiger partial charge in [0.05, 0.1) is 14.8 Å². The Kier molecular flexibility index (Phi) is 3.53. The number of rotatable bonds is 4. The highest BCUT2D eigenvalue weighted by molar-refractivity contribution is 5.96. The van der Waals surface area contributed by atoms with Crippen molar-refractivity contribution in [1.29, 1.82) is 0 Å². The standard InChI is InChI=1S/C6H4N8O6/c7-1-4(12(15)16)2(8)6(14(19)20)3(10-11-9)5(1)13(17)18/h7-8H2. The Balaban J connectivity index is 4.11. The van der Waals surface area contributed by atoms with Crippen LogP contribution < -0.4 is 11.5 Å². The molecule has 0 spiro atoms. The number of azide groups is 1. The summed E-state index contributed by atoms with van der Waals surface area (Å²) in [5, 5.41) is 35.2. The molecule has 14 nitrogen and oxygen atoms in total. The van der Waals surface area contributed by atoms with Crippen LogP contribution in [0.4, 0.5) is 34.1 Å². The van der Waals surface area contributed by atoms with Crippen LogP contribution in [0.1, 0.15) is 0 Å². The minimum absolute atomic E-state index is 1.04. The van der Waals surface area contributed by atoms with Crippen LogP contribution >= 0.6 is 0 Å². The number of nitrogens with two attached hydrogens (primary N) is 2. The quantitative estimate of drug-likeness (QED) is 0.205. The first-order valence-electron chi connectivity index (χ1n) is 4.47. The van der Waals surface area contributed by atoms with Gasteiger partial charge in [-0.2, -0.15) is 0 Å². The molecular weight excluding hydrogens is 280 g/mol. The summed E-state index contributed by atoms with van der Waals surface area (Å²) < 4.78 is 0. The molecule has 1 aromatic rings. The van der Waals surface area contributed by atoms with Crippen LogP contribution in [0, 0.1) is 30.3 Å². The van der Waals surface area contributed by atoms with E-state index in [1.165, 1.54) is 0 Å². The van der Waals surface area contributed by atoms with Gasteiger partial charge in [-0.05, 0) is 10.6 Å². The number of nitrogens with zero attached hydrogens (tertiary/aromatic N) is 6. The van der Waals surface area contributed by atoms with Gasteiger partial charge in [0.15, 0.2) is 17.1 Å². The zero-order valence-corrected chi connectivity index (χ0v) is 9.29. The molecule has 0 saturated carbocycles. The molecule has 0 bridgehead atoms. The number of benzene rings is 1. The number of nitro benzene ring substituents is 3. The fourth-order valence-electron chi connectivity index (χ4n) is 1.44. The van der Waals surface area contributed by atoms with E-state index in [4.69, 9.17) is 17.0 Å². The largest absolute Gasteiger partial charge is 0.387 e. The number of hydrogen-bond donors (Lipinski definition) is 2. The predicted molar refractivity (Wildman–Crippen MR) is 64.0 cm³/mol. The minimum Gasteiger partial charge on any atom is -0.387 e. The van der Waals surface area contributed by atoms with Crippen molar-refractivity contribution in [3.8, 4) is 0 Å². The van der Waals surface area contributed by atoms with Crippen molar-refractivity contribution in [2.75, 3.05) is 11.5 Å². The fraction of sp³-hybridized carbons (Fsp3) is 0. The Hall–Kier alpha value is -3.67. The molecule has 0 aliphatic carbocycles. The summed E-state index contributed by atoms with van der Waals surface area (Å²) in [5.74, 6) is 0. The van der Waals surface area contributed by atoms with Crippen molar-refractivity contribution in [2.45, 2.75) is 0 Å². The molecule has 0 saturated heterocycles. The zero-order valence-electron chi connectivity index (χ0n) is 9.29. The van der Waals surface area contributed by atoms with Crippen molar-refractivity contribution >= 4 is 34.1 Å². The average molecular weight is 284 g/mol. The van der Waals surface area contributed by atoms with E-state index < -0.39 is 48.9 Å². The van der Waals surface area contributed by atoms with Crippen molar-refractivity contribution in [3.63, 3.8) is 0 Å². The lowest BCUT2D eigenvalue weighted by Gasteiger charge is -2.06. The van der Waals surface area contributed by atoms with E-state index in [9.17, 15) is 30.3 Å². The first-order chi connectivity index (χ1) is 9.23. The van der Waals surface area contributed by atoms with Gasteiger partial charge in [0.25, 0.3) is 0 Å². The summed E-state index contributed by atoms with van der Waals surface area (Å²) in [4.78, 5) is 30.9. The lowest BCUT2D eigenvalue weighted by molar-refractivity contribution is -0.399. The second kappa shape index (κ2) is 4.91. The first kappa shape index (κ1) is 14.4. The lowest BCUT2D eigenvalue weighted by Crippen LogP contribution is -2.07. The number of anilines is 2. The van der Waals surface area contributed by atoms with Crippen LogP contribution in [-0.2, 0) is 0 Å². The smallest absolute Gasteiger partial charge is 0.329 e. The molecule has 0 aromatic heterocycles. The molecular formula is C6H4N8O6. The van der Waals surface area contributed by atoms with E-state index >= 15 is 0 Å². The van der Waals surface area contributed by atoms with Gasteiger partial charge in [-0.3, -0.25) is 30.3 Å². The highest BCUT2D eigenvalue weighted by atomic mass is 16.6. The van der Waals surface area contributed by atoms with Gasteiger partial charge in [-0.25, -0.2) is 0 Å². The highest BCUT2D eigenvalue weighted by Gasteiger charge is 2.39. The number of nitro groups is 3. The molecule has 20 heavy (non-hydrogen) atoms. The third kappa shape index (κ3) is 2.04. The van der Waals surface area contributed by atoms with E-state index in [1.807, 2.05) is 0 Å². The Morgan fingerprint density at radius 2 is 1.25 bits per heavy atom. The van der Waals surface area contributed by atoms with Crippen LogP contribution in [0.15, 0.2) is 5.11 Å². The zero-order chi connectivity index (χ0) is 15.6. The molecule has 4 N–H and O–H groups in total. The van der Waals surface area contributed by atoms with Crippen LogP contribution in [0.3, 0.4) is 0 Å². The summed E-state index contributed by atoms with van der Waals surface area (Å²) >= 11 is 0. The summed E-state index contributed by atoms with van der Waals surface area (Å²) in [5.41, 5.74) is 11.9. The maximum Gasteiger partial charge on any atom is 0.329 e. The third-order valence-corrected chi connectivity index (χ3v) is 2.16. The monoisotopic (exact) mass is 284 g/mol. The van der Waals surface area contributed by atoms with E-state index in [0.29, 0.717) is 0 Å². The van der Waals surface area contributed by atoms with E-state index in [-0.39, 0.29) is 0 Å². The molecule has 0 aliphatic rings. The Labute approximate surface area is 107 Å². The van der Waals surface area contributed by atoms with Gasteiger partial charge in [-0.15, -0.1) is 0 Å². The second-order valence-electron chi connectivity index (χ2n) is 3.18. The summed E-state index contributed by atoms with van der Waals surface area (Å²) in [7, 11) is 0. The molecule has 0 heterocycles. The average Bonchev–Trinajstić information content (AvgIpc) is 2.26. The van der Waals surface area contributed by atoms with Gasteiger partial charge in [0.1, 0.15) is 0 Å². The summed E-state index contributed by atoms with van der Waals surface area (Å²) in [6.07, 6.45) is 0. The highest BCUT2D eigenvalue weighted by Crippen LogP contribution is 2.51.